The number of hydrogen-bond acceptors (Lipinski definition) is 3. The van der Waals surface area contributed by atoms with Crippen LogP contribution in [0.1, 0.15) is 5.56 Å². The number of benzene rings is 2. The van der Waals surface area contributed by atoms with Crippen molar-refractivity contribution in [1.29, 1.82) is 0 Å². The normalized spacial score (nSPS) is 15.7. The lowest BCUT2D eigenvalue weighted by Crippen LogP contribution is -2.44. The lowest BCUT2D eigenvalue weighted by Gasteiger charge is -2.35. The molecule has 0 amide bonds. The summed E-state index contributed by atoms with van der Waals surface area (Å²) >= 11 is 3.45. The third-order valence-corrected chi connectivity index (χ3v) is 4.65. The van der Waals surface area contributed by atoms with E-state index in [9.17, 15) is 4.39 Å². The van der Waals surface area contributed by atoms with Gasteiger partial charge in [-0.1, -0.05) is 30.3 Å². The van der Waals surface area contributed by atoms with Crippen LogP contribution in [0.5, 0.6) is 5.75 Å². The molecule has 0 N–H and O–H groups in total. The molecule has 1 aliphatic rings. The molecule has 3 nitrogen and oxygen atoms in total. The number of piperazine rings is 1. The highest BCUT2D eigenvalue weighted by Crippen LogP contribution is 2.38. The quantitative estimate of drug-likeness (QED) is 0.801. The number of rotatable bonds is 4. The van der Waals surface area contributed by atoms with Gasteiger partial charge in [0.05, 0.1) is 10.2 Å². The highest BCUT2D eigenvalue weighted by molar-refractivity contribution is 9.10. The minimum absolute atomic E-state index is 0.252. The third kappa shape index (κ3) is 4.03. The molecular formula is C18H20BrFN2O. The van der Waals surface area contributed by atoms with Crippen LogP contribution >= 0.6 is 15.9 Å². The van der Waals surface area contributed by atoms with Gasteiger partial charge in [0.25, 0.3) is 0 Å². The van der Waals surface area contributed by atoms with E-state index in [-0.39, 0.29) is 5.82 Å². The molecule has 2 aromatic rings. The zero-order valence-corrected chi connectivity index (χ0v) is 14.7. The predicted octanol–water partition coefficient (Wildman–Crippen LogP) is 3.92. The zero-order valence-electron chi connectivity index (χ0n) is 13.1. The maximum Gasteiger partial charge on any atom is 0.157 e. The Morgan fingerprint density at radius 3 is 2.48 bits per heavy atom. The van der Waals surface area contributed by atoms with Gasteiger partial charge in [-0.25, -0.2) is 4.39 Å². The first-order valence-electron chi connectivity index (χ1n) is 7.73. The Morgan fingerprint density at radius 1 is 1.09 bits per heavy atom. The number of likely N-dealkylation sites (N-methyl/N-ethyl adjacent to an activating group) is 1. The summed E-state index contributed by atoms with van der Waals surface area (Å²) in [6.45, 7) is 4.13. The number of anilines is 1. The standard InChI is InChI=1S/C18H20BrFN2O/c1-21-7-9-22(10-8-21)17-12-15(20)11-16(19)18(17)23-13-14-5-3-2-4-6-14/h2-6,11-12H,7-10,13H2,1H3. The van der Waals surface area contributed by atoms with Crippen molar-refractivity contribution in [2.75, 3.05) is 38.1 Å². The lowest BCUT2D eigenvalue weighted by atomic mass is 10.2. The number of halogens is 2. The molecular weight excluding hydrogens is 359 g/mol. The van der Waals surface area contributed by atoms with Crippen molar-refractivity contribution in [3.63, 3.8) is 0 Å². The van der Waals surface area contributed by atoms with Crippen LogP contribution < -0.4 is 9.64 Å². The van der Waals surface area contributed by atoms with E-state index in [2.05, 4.69) is 32.8 Å². The molecule has 0 atom stereocenters. The Morgan fingerprint density at radius 2 is 1.78 bits per heavy atom. The molecule has 0 aliphatic carbocycles. The van der Waals surface area contributed by atoms with Gasteiger partial charge in [0.1, 0.15) is 12.4 Å². The van der Waals surface area contributed by atoms with Gasteiger partial charge in [-0.05, 0) is 34.6 Å². The van der Waals surface area contributed by atoms with Gasteiger partial charge in [0, 0.05) is 32.2 Å². The van der Waals surface area contributed by atoms with E-state index in [4.69, 9.17) is 4.74 Å². The summed E-state index contributed by atoms with van der Waals surface area (Å²) in [4.78, 5) is 4.46. The average Bonchev–Trinajstić information content (AvgIpc) is 2.55. The molecule has 1 fully saturated rings. The Kier molecular flexibility index (Phi) is 5.18. The summed E-state index contributed by atoms with van der Waals surface area (Å²) in [5.74, 6) is 0.456. The SMILES string of the molecule is CN1CCN(c2cc(F)cc(Br)c2OCc2ccccc2)CC1. The van der Waals surface area contributed by atoms with Crippen molar-refractivity contribution in [1.82, 2.24) is 4.90 Å². The predicted molar refractivity (Wildman–Crippen MR) is 94.6 cm³/mol. The van der Waals surface area contributed by atoms with Crippen molar-refractivity contribution < 1.29 is 9.13 Å². The summed E-state index contributed by atoms with van der Waals surface area (Å²) in [7, 11) is 2.10. The molecule has 1 heterocycles. The summed E-state index contributed by atoms with van der Waals surface area (Å²) < 4.78 is 20.6. The maximum absolute atomic E-state index is 13.9. The van der Waals surface area contributed by atoms with Gasteiger partial charge < -0.3 is 14.5 Å². The van der Waals surface area contributed by atoms with Crippen LogP contribution in [-0.2, 0) is 6.61 Å². The molecule has 1 aliphatic heterocycles. The third-order valence-electron chi connectivity index (χ3n) is 4.06. The molecule has 0 spiro atoms. The zero-order chi connectivity index (χ0) is 16.2. The van der Waals surface area contributed by atoms with E-state index >= 15 is 0 Å². The van der Waals surface area contributed by atoms with Crippen LogP contribution in [0.15, 0.2) is 46.9 Å². The second-order valence-electron chi connectivity index (χ2n) is 5.80. The first-order chi connectivity index (χ1) is 11.1. The van der Waals surface area contributed by atoms with Crippen molar-refractivity contribution in [2.24, 2.45) is 0 Å². The Bertz CT molecular complexity index is 658. The molecule has 0 unspecified atom stereocenters. The van der Waals surface area contributed by atoms with E-state index in [0.29, 0.717) is 16.8 Å². The molecule has 5 heteroatoms. The number of nitrogens with zero attached hydrogens (tertiary/aromatic N) is 2. The summed E-state index contributed by atoms with van der Waals surface area (Å²) in [6, 6.07) is 13.0. The molecule has 1 saturated heterocycles. The maximum atomic E-state index is 13.9. The van der Waals surface area contributed by atoms with E-state index in [1.54, 1.807) is 6.07 Å². The summed E-state index contributed by atoms with van der Waals surface area (Å²) in [6.07, 6.45) is 0. The van der Waals surface area contributed by atoms with Crippen LogP contribution in [0.25, 0.3) is 0 Å². The smallest absolute Gasteiger partial charge is 0.157 e. The highest BCUT2D eigenvalue weighted by atomic mass is 79.9. The van der Waals surface area contributed by atoms with Crippen LogP contribution in [-0.4, -0.2) is 38.1 Å². The topological polar surface area (TPSA) is 15.7 Å². The van der Waals surface area contributed by atoms with Gasteiger partial charge in [-0.2, -0.15) is 0 Å². The molecule has 3 rings (SSSR count). The first-order valence-corrected chi connectivity index (χ1v) is 8.52. The Labute approximate surface area is 144 Å². The van der Waals surface area contributed by atoms with Gasteiger partial charge >= 0.3 is 0 Å². The number of ether oxygens (including phenoxy) is 1. The van der Waals surface area contributed by atoms with E-state index in [1.807, 2.05) is 30.3 Å². The van der Waals surface area contributed by atoms with Crippen LogP contribution in [0.2, 0.25) is 0 Å². The molecule has 0 radical (unpaired) electrons. The summed E-state index contributed by atoms with van der Waals surface area (Å²) in [5, 5.41) is 0. The Balaban J connectivity index is 1.83. The summed E-state index contributed by atoms with van der Waals surface area (Å²) in [5.41, 5.74) is 1.91. The molecule has 0 saturated carbocycles. The Hall–Kier alpha value is -1.59. The minimum Gasteiger partial charge on any atom is -0.486 e. The van der Waals surface area contributed by atoms with Crippen molar-refractivity contribution in [3.8, 4) is 5.75 Å². The van der Waals surface area contributed by atoms with Gasteiger partial charge in [0.2, 0.25) is 0 Å². The van der Waals surface area contributed by atoms with Crippen molar-refractivity contribution in [3.05, 3.63) is 58.3 Å². The first kappa shape index (κ1) is 16.3. The van der Waals surface area contributed by atoms with E-state index < -0.39 is 0 Å². The van der Waals surface area contributed by atoms with E-state index in [0.717, 1.165) is 37.4 Å². The van der Waals surface area contributed by atoms with Crippen LogP contribution in [0, 0.1) is 5.82 Å². The van der Waals surface area contributed by atoms with Gasteiger partial charge in [-0.3, -0.25) is 0 Å². The van der Waals surface area contributed by atoms with Crippen LogP contribution in [0.4, 0.5) is 10.1 Å². The molecule has 122 valence electrons. The minimum atomic E-state index is -0.252. The largest absolute Gasteiger partial charge is 0.486 e. The molecule has 0 aromatic heterocycles. The second-order valence-corrected chi connectivity index (χ2v) is 6.65. The highest BCUT2D eigenvalue weighted by Gasteiger charge is 2.20. The lowest BCUT2D eigenvalue weighted by molar-refractivity contribution is 0.294. The molecule has 2 aromatic carbocycles. The van der Waals surface area contributed by atoms with Gasteiger partial charge in [0.15, 0.2) is 5.75 Å². The van der Waals surface area contributed by atoms with Crippen molar-refractivity contribution in [2.45, 2.75) is 6.61 Å². The van der Waals surface area contributed by atoms with Crippen LogP contribution in [0.3, 0.4) is 0 Å². The fraction of sp³-hybridized carbons (Fsp3) is 0.333. The fourth-order valence-electron chi connectivity index (χ4n) is 2.70. The fourth-order valence-corrected chi connectivity index (χ4v) is 3.24. The van der Waals surface area contributed by atoms with Crippen molar-refractivity contribution >= 4 is 21.6 Å². The van der Waals surface area contributed by atoms with E-state index in [1.165, 1.54) is 6.07 Å². The molecule has 0 bridgehead atoms. The van der Waals surface area contributed by atoms with Gasteiger partial charge in [-0.15, -0.1) is 0 Å². The monoisotopic (exact) mass is 378 g/mol. The molecule has 23 heavy (non-hydrogen) atoms. The second kappa shape index (κ2) is 7.32. The number of hydrogen-bond donors (Lipinski definition) is 0. The average molecular weight is 379 g/mol.